The lowest BCUT2D eigenvalue weighted by Gasteiger charge is -2.21. The average Bonchev–Trinajstić information content (AvgIpc) is 2.31. The normalized spacial score (nSPS) is 14.7. The molecule has 0 aliphatic carbocycles. The van der Waals surface area contributed by atoms with Gasteiger partial charge in [-0.05, 0) is 54.0 Å². The maximum absolute atomic E-state index is 6.64. The summed E-state index contributed by atoms with van der Waals surface area (Å²) in [6.45, 7) is 10.9. The van der Waals surface area contributed by atoms with E-state index in [0.717, 1.165) is 22.0 Å². The first-order valence-corrected chi connectivity index (χ1v) is 7.30. The molecule has 1 aromatic rings. The van der Waals surface area contributed by atoms with Crippen molar-refractivity contribution in [1.29, 1.82) is 0 Å². The van der Waals surface area contributed by atoms with Gasteiger partial charge >= 0.3 is 0 Å². The third-order valence-corrected chi connectivity index (χ3v) is 4.11. The minimum absolute atomic E-state index is 0.450. The summed E-state index contributed by atoms with van der Waals surface area (Å²) >= 11 is 12.7. The van der Waals surface area contributed by atoms with Crippen molar-refractivity contribution in [2.45, 2.75) is 41.0 Å². The van der Waals surface area contributed by atoms with Crippen LogP contribution < -0.4 is 0 Å². The van der Waals surface area contributed by atoms with Gasteiger partial charge in [-0.15, -0.1) is 0 Å². The Hall–Kier alpha value is -0.460. The van der Waals surface area contributed by atoms with E-state index in [4.69, 9.17) is 23.2 Å². The van der Waals surface area contributed by atoms with E-state index in [1.807, 2.05) is 18.2 Å². The number of hydrogen-bond acceptors (Lipinski definition) is 0. The van der Waals surface area contributed by atoms with E-state index < -0.39 is 0 Å². The number of aryl methyl sites for hydroxylation is 1. The third-order valence-electron chi connectivity index (χ3n) is 3.45. The van der Waals surface area contributed by atoms with Crippen LogP contribution in [0.3, 0.4) is 0 Å². The number of halogens is 2. The van der Waals surface area contributed by atoms with E-state index in [-0.39, 0.29) is 0 Å². The molecular weight excluding hydrogens is 263 g/mol. The minimum atomic E-state index is 0.450. The van der Waals surface area contributed by atoms with Crippen LogP contribution in [0, 0.1) is 18.8 Å². The van der Waals surface area contributed by atoms with Gasteiger partial charge in [0.25, 0.3) is 0 Å². The lowest BCUT2D eigenvalue weighted by Crippen LogP contribution is -2.07. The molecule has 1 atom stereocenters. The first-order valence-electron chi connectivity index (χ1n) is 6.54. The van der Waals surface area contributed by atoms with Gasteiger partial charge in [-0.3, -0.25) is 0 Å². The summed E-state index contributed by atoms with van der Waals surface area (Å²) in [6.07, 6.45) is 1.10. The zero-order valence-electron chi connectivity index (χ0n) is 11.8. The van der Waals surface area contributed by atoms with Crippen molar-refractivity contribution in [3.8, 4) is 0 Å². The Morgan fingerprint density at radius 2 is 1.83 bits per heavy atom. The zero-order valence-corrected chi connectivity index (χ0v) is 13.4. The Morgan fingerprint density at radius 1 is 1.22 bits per heavy atom. The van der Waals surface area contributed by atoms with Crippen molar-refractivity contribution in [2.24, 2.45) is 11.8 Å². The van der Waals surface area contributed by atoms with E-state index in [2.05, 4.69) is 34.6 Å². The molecule has 2 heteroatoms. The summed E-state index contributed by atoms with van der Waals surface area (Å²) < 4.78 is 0. The summed E-state index contributed by atoms with van der Waals surface area (Å²) in [7, 11) is 0. The van der Waals surface area contributed by atoms with Crippen LogP contribution in [0.25, 0.3) is 5.03 Å². The fourth-order valence-corrected chi connectivity index (χ4v) is 3.03. The maximum Gasteiger partial charge on any atom is 0.0478 e. The Kier molecular flexibility index (Phi) is 5.75. The average molecular weight is 285 g/mol. The summed E-state index contributed by atoms with van der Waals surface area (Å²) in [5, 5.41) is 1.61. The Bertz CT molecular complexity index is 444. The molecule has 1 aromatic carbocycles. The Morgan fingerprint density at radius 3 is 2.33 bits per heavy atom. The van der Waals surface area contributed by atoms with E-state index in [1.165, 1.54) is 11.1 Å². The molecule has 0 heterocycles. The summed E-state index contributed by atoms with van der Waals surface area (Å²) in [5.41, 5.74) is 3.56. The van der Waals surface area contributed by atoms with Gasteiger partial charge in [0.15, 0.2) is 0 Å². The summed E-state index contributed by atoms with van der Waals surface area (Å²) in [6, 6.07) is 5.89. The molecule has 1 rings (SSSR count). The Labute approximate surface area is 121 Å². The molecule has 1 unspecified atom stereocenters. The highest BCUT2D eigenvalue weighted by atomic mass is 35.5. The number of rotatable bonds is 4. The number of benzene rings is 1. The van der Waals surface area contributed by atoms with E-state index in [0.29, 0.717) is 11.8 Å². The maximum atomic E-state index is 6.64. The smallest absolute Gasteiger partial charge is 0.0478 e. The van der Waals surface area contributed by atoms with Gasteiger partial charge in [-0.25, -0.2) is 0 Å². The van der Waals surface area contributed by atoms with E-state index >= 15 is 0 Å². The fraction of sp³-hybridized carbons (Fsp3) is 0.500. The molecule has 0 amide bonds. The highest BCUT2D eigenvalue weighted by Crippen LogP contribution is 2.36. The van der Waals surface area contributed by atoms with Crippen molar-refractivity contribution in [3.05, 3.63) is 39.9 Å². The summed E-state index contributed by atoms with van der Waals surface area (Å²) in [5.74, 6) is 0.946. The molecule has 0 radical (unpaired) electrons. The van der Waals surface area contributed by atoms with E-state index in [9.17, 15) is 0 Å². The molecule has 0 saturated carbocycles. The highest BCUT2D eigenvalue weighted by Gasteiger charge is 2.17. The van der Waals surface area contributed by atoms with Crippen LogP contribution in [-0.4, -0.2) is 0 Å². The number of allylic oxidation sites excluding steroid dienone is 1. The largest absolute Gasteiger partial charge is 0.0843 e. The molecule has 0 N–H and O–H groups in total. The van der Waals surface area contributed by atoms with Crippen molar-refractivity contribution in [2.75, 3.05) is 0 Å². The van der Waals surface area contributed by atoms with Crippen LogP contribution in [0.5, 0.6) is 0 Å². The van der Waals surface area contributed by atoms with Crippen molar-refractivity contribution < 1.29 is 0 Å². The van der Waals surface area contributed by atoms with Gasteiger partial charge < -0.3 is 0 Å². The molecule has 100 valence electrons. The number of hydrogen-bond donors (Lipinski definition) is 0. The second kappa shape index (κ2) is 6.63. The van der Waals surface area contributed by atoms with Gasteiger partial charge in [0.2, 0.25) is 0 Å². The van der Waals surface area contributed by atoms with Crippen molar-refractivity contribution in [3.63, 3.8) is 0 Å². The first-order chi connectivity index (χ1) is 8.38. The molecule has 0 spiro atoms. The van der Waals surface area contributed by atoms with Gasteiger partial charge in [0.05, 0.1) is 0 Å². The van der Waals surface area contributed by atoms with Gasteiger partial charge in [-0.1, -0.05) is 57.0 Å². The van der Waals surface area contributed by atoms with Gasteiger partial charge in [0.1, 0.15) is 0 Å². The van der Waals surface area contributed by atoms with Crippen LogP contribution >= 0.6 is 23.2 Å². The topological polar surface area (TPSA) is 0 Å². The molecule has 18 heavy (non-hydrogen) atoms. The van der Waals surface area contributed by atoms with Crippen molar-refractivity contribution >= 4 is 28.2 Å². The quantitative estimate of drug-likeness (QED) is 0.609. The predicted octanol–water partition coefficient (Wildman–Crippen LogP) is 6.30. The minimum Gasteiger partial charge on any atom is -0.0843 e. The second-order valence-corrected chi connectivity index (χ2v) is 6.01. The van der Waals surface area contributed by atoms with Gasteiger partial charge in [-0.2, -0.15) is 0 Å². The molecule has 0 aliphatic rings. The van der Waals surface area contributed by atoms with Crippen LogP contribution in [0.15, 0.2) is 23.8 Å². The summed E-state index contributed by atoms with van der Waals surface area (Å²) in [4.78, 5) is 0. The standard InChI is InChI=1S/C16H22Cl2/c1-6-11(4)15(10(2)3)16(18)14-9-13(17)8-7-12(14)5/h7-11H,6H2,1-5H3/b16-15+. The lowest BCUT2D eigenvalue weighted by molar-refractivity contribution is 0.573. The molecule has 0 aromatic heterocycles. The zero-order chi connectivity index (χ0) is 13.9. The van der Waals surface area contributed by atoms with E-state index in [1.54, 1.807) is 0 Å². The molecule has 0 fully saturated rings. The third kappa shape index (κ3) is 3.52. The second-order valence-electron chi connectivity index (χ2n) is 5.19. The lowest BCUT2D eigenvalue weighted by atomic mass is 9.87. The molecule has 0 bridgehead atoms. The molecule has 0 nitrogen and oxygen atoms in total. The van der Waals surface area contributed by atoms with Gasteiger partial charge in [0, 0.05) is 10.1 Å². The Balaban J connectivity index is 3.38. The molecular formula is C16H22Cl2. The van der Waals surface area contributed by atoms with Crippen LogP contribution in [0.1, 0.15) is 45.2 Å². The first kappa shape index (κ1) is 15.6. The van der Waals surface area contributed by atoms with Crippen LogP contribution in [0.4, 0.5) is 0 Å². The molecule has 0 saturated heterocycles. The SMILES string of the molecule is CCC(C)/C(=C(/Cl)c1cc(Cl)ccc1C)C(C)C. The van der Waals surface area contributed by atoms with Crippen molar-refractivity contribution in [1.82, 2.24) is 0 Å². The monoisotopic (exact) mass is 284 g/mol. The molecule has 0 aliphatic heterocycles. The van der Waals surface area contributed by atoms with Crippen LogP contribution in [-0.2, 0) is 0 Å². The highest BCUT2D eigenvalue weighted by molar-refractivity contribution is 6.49. The van der Waals surface area contributed by atoms with Crippen LogP contribution in [0.2, 0.25) is 5.02 Å². The predicted molar refractivity (Wildman–Crippen MR) is 83.3 cm³/mol. The fourth-order valence-electron chi connectivity index (χ4n) is 2.24.